The first kappa shape index (κ1) is 38.2. The van der Waals surface area contributed by atoms with Crippen LogP contribution in [0.2, 0.25) is 0 Å². The fraction of sp³-hybridized carbons (Fsp3) is 0.237. The Labute approximate surface area is 316 Å². The number of hydrogen-bond acceptors (Lipinski definition) is 11. The van der Waals surface area contributed by atoms with Gasteiger partial charge in [-0.15, -0.1) is 21.5 Å². The number of rotatable bonds is 10. The minimum absolute atomic E-state index is 0.0222. The van der Waals surface area contributed by atoms with Crippen LogP contribution in [0.3, 0.4) is 0 Å². The number of carbonyl (C=O) groups is 2. The Morgan fingerprint density at radius 2 is 1.65 bits per heavy atom. The smallest absolute Gasteiger partial charge is 0.412 e. The summed E-state index contributed by atoms with van der Waals surface area (Å²) >= 11 is 0.960. The molecule has 0 bridgehead atoms. The number of methoxy groups -OCH3 is 1. The van der Waals surface area contributed by atoms with Gasteiger partial charge in [0, 0.05) is 24.2 Å². The zero-order chi connectivity index (χ0) is 39.4. The number of nitrogens with one attached hydrogen (secondary N) is 1. The highest BCUT2D eigenvalue weighted by molar-refractivity contribution is 7.22. The zero-order valence-corrected chi connectivity index (χ0v) is 31.1. The van der Waals surface area contributed by atoms with Gasteiger partial charge in [0.15, 0.2) is 5.82 Å². The number of carbonyl (C=O) groups excluding carboxylic acids is 2. The van der Waals surface area contributed by atoms with Crippen molar-refractivity contribution in [1.29, 1.82) is 0 Å². The SMILES string of the molecule is COc1ccc(-n2c(=O)c3c(CN(C)C(=O)OCc4ccccc4)c(-c4ccc(NC(=O)OC(C)(C)C)cn4)sc3n(Cc3c(F)cccc3F)c2=O)nn1. The van der Waals surface area contributed by atoms with Crippen molar-refractivity contribution in [2.75, 3.05) is 19.5 Å². The first-order valence-electron chi connectivity index (χ1n) is 16.7. The molecule has 4 aromatic heterocycles. The number of halogens is 2. The molecule has 0 aliphatic heterocycles. The van der Waals surface area contributed by atoms with Crippen molar-refractivity contribution >= 4 is 39.4 Å². The average Bonchev–Trinajstić information content (AvgIpc) is 3.52. The van der Waals surface area contributed by atoms with E-state index in [0.717, 1.165) is 38.2 Å². The van der Waals surface area contributed by atoms with Crippen LogP contribution in [0.4, 0.5) is 24.1 Å². The maximum Gasteiger partial charge on any atom is 0.412 e. The van der Waals surface area contributed by atoms with Crippen molar-refractivity contribution < 1.29 is 32.6 Å². The summed E-state index contributed by atoms with van der Waals surface area (Å²) in [5.74, 6) is -1.90. The van der Waals surface area contributed by atoms with E-state index in [4.69, 9.17) is 14.2 Å². The second-order valence-electron chi connectivity index (χ2n) is 13.2. The molecule has 6 rings (SSSR count). The lowest BCUT2D eigenvalue weighted by Crippen LogP contribution is -2.40. The van der Waals surface area contributed by atoms with Gasteiger partial charge in [-0.05, 0) is 56.7 Å². The van der Waals surface area contributed by atoms with E-state index in [1.807, 2.05) is 18.2 Å². The van der Waals surface area contributed by atoms with Crippen LogP contribution in [-0.2, 0) is 29.2 Å². The first-order valence-corrected chi connectivity index (χ1v) is 17.6. The highest BCUT2D eigenvalue weighted by Gasteiger charge is 2.28. The van der Waals surface area contributed by atoms with Crippen molar-refractivity contribution in [3.8, 4) is 22.3 Å². The van der Waals surface area contributed by atoms with E-state index in [0.29, 0.717) is 16.3 Å². The standard InChI is InChI=1S/C38H35F2N7O7S/c1-38(2,3)54-35(49)42-23-14-15-28(41-18-23)32-25(19-45(4)37(51)53-21-22-10-7-6-8-11-22)31-33(48)47(29-16-17-30(52-5)44-43-29)36(50)46(34(31)55-32)20-24-26(39)12-9-13-27(24)40/h6-18H,19-21H2,1-5H3,(H,42,49). The number of benzene rings is 2. The zero-order valence-electron chi connectivity index (χ0n) is 30.3. The van der Waals surface area contributed by atoms with E-state index >= 15 is 8.78 Å². The van der Waals surface area contributed by atoms with Crippen LogP contribution in [0, 0.1) is 11.6 Å². The van der Waals surface area contributed by atoms with Crippen molar-refractivity contribution in [3.05, 3.63) is 128 Å². The highest BCUT2D eigenvalue weighted by Crippen LogP contribution is 2.38. The molecule has 0 radical (unpaired) electrons. The van der Waals surface area contributed by atoms with Crippen LogP contribution in [0.25, 0.3) is 26.6 Å². The van der Waals surface area contributed by atoms with Gasteiger partial charge >= 0.3 is 17.9 Å². The fourth-order valence-corrected chi connectivity index (χ4v) is 6.78. The van der Waals surface area contributed by atoms with Gasteiger partial charge in [0.05, 0.1) is 48.0 Å². The van der Waals surface area contributed by atoms with Gasteiger partial charge in [-0.25, -0.2) is 27.7 Å². The first-order chi connectivity index (χ1) is 26.2. The summed E-state index contributed by atoms with van der Waals surface area (Å²) in [7, 11) is 2.84. The van der Waals surface area contributed by atoms with Crippen LogP contribution in [0.15, 0.2) is 88.6 Å². The van der Waals surface area contributed by atoms with Gasteiger partial charge in [0.1, 0.15) is 28.7 Å². The second-order valence-corrected chi connectivity index (χ2v) is 14.2. The van der Waals surface area contributed by atoms with Crippen molar-refractivity contribution in [2.45, 2.75) is 46.1 Å². The molecule has 6 aromatic rings. The number of amides is 2. The number of aromatic nitrogens is 5. The molecule has 0 atom stereocenters. The lowest BCUT2D eigenvalue weighted by atomic mass is 10.1. The molecule has 14 nitrogen and oxygen atoms in total. The maximum atomic E-state index is 15.1. The summed E-state index contributed by atoms with van der Waals surface area (Å²) in [6, 6.07) is 18.2. The number of thiophene rings is 1. The Morgan fingerprint density at radius 1 is 0.927 bits per heavy atom. The van der Waals surface area contributed by atoms with Crippen molar-refractivity contribution in [2.24, 2.45) is 0 Å². The molecule has 0 aliphatic carbocycles. The van der Waals surface area contributed by atoms with Crippen LogP contribution >= 0.6 is 11.3 Å². The molecule has 55 heavy (non-hydrogen) atoms. The molecule has 4 heterocycles. The highest BCUT2D eigenvalue weighted by atomic mass is 32.1. The third-order valence-corrected chi connectivity index (χ3v) is 9.35. The van der Waals surface area contributed by atoms with Gasteiger partial charge in [0.2, 0.25) is 5.88 Å². The number of pyridine rings is 1. The van der Waals surface area contributed by atoms with Crippen LogP contribution in [0.1, 0.15) is 37.5 Å². The van der Waals surface area contributed by atoms with Crippen molar-refractivity contribution in [3.63, 3.8) is 0 Å². The monoisotopic (exact) mass is 771 g/mol. The number of anilines is 1. The fourth-order valence-electron chi connectivity index (χ4n) is 5.51. The van der Waals surface area contributed by atoms with Crippen LogP contribution < -0.4 is 21.3 Å². The minimum Gasteiger partial charge on any atom is -0.480 e. The molecule has 284 valence electrons. The lowest BCUT2D eigenvalue weighted by Gasteiger charge is -2.19. The Morgan fingerprint density at radius 3 is 2.27 bits per heavy atom. The normalized spacial score (nSPS) is 11.3. The summed E-state index contributed by atoms with van der Waals surface area (Å²) in [5, 5.41) is 10.5. The van der Waals surface area contributed by atoms with E-state index in [2.05, 4.69) is 20.5 Å². The molecule has 0 fully saturated rings. The summed E-state index contributed by atoms with van der Waals surface area (Å²) in [5.41, 5.74) is -1.37. The summed E-state index contributed by atoms with van der Waals surface area (Å²) in [6.07, 6.45) is -0.0490. The topological polar surface area (TPSA) is 160 Å². The average molecular weight is 772 g/mol. The van der Waals surface area contributed by atoms with E-state index in [-0.39, 0.29) is 40.6 Å². The third kappa shape index (κ3) is 8.51. The van der Waals surface area contributed by atoms with Gasteiger partial charge in [-0.2, -0.15) is 0 Å². The van der Waals surface area contributed by atoms with Gasteiger partial charge in [-0.3, -0.25) is 19.7 Å². The Bertz CT molecular complexity index is 2460. The summed E-state index contributed by atoms with van der Waals surface area (Å²) < 4.78 is 48.0. The predicted molar refractivity (Wildman–Crippen MR) is 200 cm³/mol. The van der Waals surface area contributed by atoms with Gasteiger partial charge in [-0.1, -0.05) is 36.4 Å². The van der Waals surface area contributed by atoms with Gasteiger partial charge < -0.3 is 19.1 Å². The van der Waals surface area contributed by atoms with Crippen molar-refractivity contribution in [1.82, 2.24) is 29.2 Å². The minimum atomic E-state index is -0.959. The molecule has 0 unspecified atom stereocenters. The molecule has 2 amide bonds. The quantitative estimate of drug-likeness (QED) is 0.163. The van der Waals surface area contributed by atoms with E-state index in [1.165, 1.54) is 43.5 Å². The van der Waals surface area contributed by atoms with E-state index in [1.54, 1.807) is 45.0 Å². The molecule has 2 aromatic carbocycles. The second kappa shape index (κ2) is 15.9. The number of hydrogen-bond donors (Lipinski definition) is 1. The maximum absolute atomic E-state index is 15.1. The molecule has 1 N–H and O–H groups in total. The van der Waals surface area contributed by atoms with E-state index < -0.39 is 52.8 Å². The molecular formula is C38H35F2N7O7S. The molecule has 0 saturated carbocycles. The van der Waals surface area contributed by atoms with Crippen LogP contribution in [-0.4, -0.2) is 61.2 Å². The predicted octanol–water partition coefficient (Wildman–Crippen LogP) is 6.52. The molecule has 0 aliphatic rings. The summed E-state index contributed by atoms with van der Waals surface area (Å²) in [4.78, 5) is 60.8. The van der Waals surface area contributed by atoms with Gasteiger partial charge in [0.25, 0.3) is 5.56 Å². The molecule has 17 heteroatoms. The summed E-state index contributed by atoms with van der Waals surface area (Å²) in [6.45, 7) is 4.31. The molecule has 0 spiro atoms. The number of nitrogens with zero attached hydrogens (tertiary/aromatic N) is 6. The Kier molecular flexibility index (Phi) is 11.0. The third-order valence-electron chi connectivity index (χ3n) is 8.07. The van der Waals surface area contributed by atoms with E-state index in [9.17, 15) is 19.2 Å². The van der Waals surface area contributed by atoms with Crippen LogP contribution in [0.5, 0.6) is 5.88 Å². The largest absolute Gasteiger partial charge is 0.480 e. The molecular weight excluding hydrogens is 737 g/mol. The number of fused-ring (bicyclic) bond motifs is 1. The number of ether oxygens (including phenoxy) is 3. The Hall–Kier alpha value is -6.49. The molecule has 0 saturated heterocycles. The lowest BCUT2D eigenvalue weighted by molar-refractivity contribution is 0.0635. The Balaban J connectivity index is 1.53.